The van der Waals surface area contributed by atoms with Crippen molar-refractivity contribution in [2.45, 2.75) is 18.4 Å². The Labute approximate surface area is 180 Å². The van der Waals surface area contributed by atoms with Crippen LogP contribution in [0.4, 0.5) is 11.4 Å². The Morgan fingerprint density at radius 2 is 1.84 bits per heavy atom. The lowest BCUT2D eigenvalue weighted by molar-refractivity contribution is -0.384. The smallest absolute Gasteiger partial charge is 0.293 e. The second-order valence-electron chi connectivity index (χ2n) is 7.13. The van der Waals surface area contributed by atoms with Crippen molar-refractivity contribution in [2.24, 2.45) is 0 Å². The van der Waals surface area contributed by atoms with Crippen LogP contribution in [0.1, 0.15) is 12.5 Å². The maximum atomic E-state index is 12.9. The molecule has 0 atom stereocenters. The van der Waals surface area contributed by atoms with Crippen LogP contribution in [0.2, 0.25) is 0 Å². The predicted octanol–water partition coefficient (Wildman–Crippen LogP) is 2.37. The molecule has 4 rings (SSSR count). The number of fused-ring (bicyclic) bond motifs is 1. The molecule has 166 valence electrons. The lowest BCUT2D eigenvalue weighted by atomic mass is 10.1. The number of benzene rings is 2. The molecule has 0 amide bonds. The van der Waals surface area contributed by atoms with Gasteiger partial charge in [-0.2, -0.15) is 4.31 Å². The molecular weight excluding hydrogens is 426 g/mol. The van der Waals surface area contributed by atoms with Gasteiger partial charge < -0.3 is 19.1 Å². The summed E-state index contributed by atoms with van der Waals surface area (Å²) in [5.74, 6) is 1.30. The van der Waals surface area contributed by atoms with Gasteiger partial charge in [0.25, 0.3) is 5.69 Å². The average molecular weight is 449 g/mol. The minimum absolute atomic E-state index is 0.0935. The van der Waals surface area contributed by atoms with Gasteiger partial charge in [0.05, 0.1) is 23.0 Å². The molecule has 1 fully saturated rings. The summed E-state index contributed by atoms with van der Waals surface area (Å²) in [6.07, 6.45) is 0. The first-order chi connectivity index (χ1) is 14.9. The first-order valence-electron chi connectivity index (χ1n) is 9.90. The van der Waals surface area contributed by atoms with Gasteiger partial charge >= 0.3 is 0 Å². The molecule has 31 heavy (non-hydrogen) atoms. The molecule has 2 heterocycles. The van der Waals surface area contributed by atoms with E-state index in [0.717, 1.165) is 11.6 Å². The highest BCUT2D eigenvalue weighted by molar-refractivity contribution is 7.89. The van der Waals surface area contributed by atoms with Crippen LogP contribution in [0, 0.1) is 10.1 Å². The van der Waals surface area contributed by atoms with Gasteiger partial charge in [-0.25, -0.2) is 8.42 Å². The lowest BCUT2D eigenvalue weighted by Gasteiger charge is -2.27. The molecule has 0 bridgehead atoms. The fraction of sp³-hybridized carbons (Fsp3) is 0.400. The molecule has 2 aliphatic rings. The largest absolute Gasteiger partial charge is 0.454 e. The summed E-state index contributed by atoms with van der Waals surface area (Å²) in [6.45, 7) is 3.99. The molecular formula is C20H23N3O7S. The highest BCUT2D eigenvalue weighted by Gasteiger charge is 2.30. The number of morpholine rings is 1. The summed E-state index contributed by atoms with van der Waals surface area (Å²) in [6, 6.07) is 9.59. The second-order valence-corrected chi connectivity index (χ2v) is 9.06. The molecule has 10 nitrogen and oxygen atoms in total. The summed E-state index contributed by atoms with van der Waals surface area (Å²) in [7, 11) is -3.83. The van der Waals surface area contributed by atoms with Crippen LogP contribution in [-0.4, -0.2) is 57.3 Å². The summed E-state index contributed by atoms with van der Waals surface area (Å²) in [5, 5.41) is 11.8. The maximum absolute atomic E-state index is 12.9. The Kier molecular flexibility index (Phi) is 5.99. The third-order valence-electron chi connectivity index (χ3n) is 5.28. The van der Waals surface area contributed by atoms with Gasteiger partial charge in [-0.1, -0.05) is 6.07 Å². The number of nitro groups is 1. The highest BCUT2D eigenvalue weighted by atomic mass is 32.2. The van der Waals surface area contributed by atoms with Crippen molar-refractivity contribution in [1.82, 2.24) is 4.31 Å². The first kappa shape index (κ1) is 21.3. The lowest BCUT2D eigenvalue weighted by Crippen LogP contribution is -2.40. The number of hydrogen-bond donors (Lipinski definition) is 0. The fourth-order valence-corrected chi connectivity index (χ4v) is 5.07. The molecule has 0 aliphatic carbocycles. The second kappa shape index (κ2) is 8.69. The van der Waals surface area contributed by atoms with Crippen molar-refractivity contribution in [1.29, 1.82) is 0 Å². The van der Waals surface area contributed by atoms with Crippen LogP contribution in [-0.2, 0) is 21.3 Å². The van der Waals surface area contributed by atoms with Crippen LogP contribution in [0.15, 0.2) is 41.3 Å². The number of ether oxygens (including phenoxy) is 3. The Balaban J connectivity index is 1.64. The van der Waals surface area contributed by atoms with Crippen molar-refractivity contribution in [3.63, 3.8) is 0 Å². The summed E-state index contributed by atoms with van der Waals surface area (Å²) in [4.78, 5) is 13.0. The Morgan fingerprint density at radius 1 is 1.10 bits per heavy atom. The molecule has 2 aliphatic heterocycles. The zero-order valence-corrected chi connectivity index (χ0v) is 17.8. The van der Waals surface area contributed by atoms with Crippen LogP contribution < -0.4 is 14.4 Å². The summed E-state index contributed by atoms with van der Waals surface area (Å²) in [5.41, 5.74) is 0.994. The normalized spacial score (nSPS) is 16.3. The van der Waals surface area contributed by atoms with Gasteiger partial charge in [0.15, 0.2) is 11.5 Å². The van der Waals surface area contributed by atoms with Crippen LogP contribution >= 0.6 is 0 Å². The van der Waals surface area contributed by atoms with Crippen molar-refractivity contribution >= 4 is 21.4 Å². The average Bonchev–Trinajstić information content (AvgIpc) is 3.25. The number of rotatable bonds is 7. The molecule has 0 unspecified atom stereocenters. The van der Waals surface area contributed by atoms with E-state index in [1.807, 2.05) is 24.0 Å². The number of nitro benzene ring substituents is 1. The minimum atomic E-state index is -3.83. The van der Waals surface area contributed by atoms with Crippen molar-refractivity contribution in [3.05, 3.63) is 52.1 Å². The number of nitrogens with zero attached hydrogens (tertiary/aromatic N) is 3. The van der Waals surface area contributed by atoms with Crippen molar-refractivity contribution in [2.75, 3.05) is 44.5 Å². The Morgan fingerprint density at radius 3 is 2.55 bits per heavy atom. The zero-order valence-electron chi connectivity index (χ0n) is 17.0. The fourth-order valence-electron chi connectivity index (χ4n) is 3.64. The molecule has 11 heteroatoms. The Bertz CT molecular complexity index is 1080. The van der Waals surface area contributed by atoms with Crippen molar-refractivity contribution in [3.8, 4) is 11.5 Å². The third kappa shape index (κ3) is 4.29. The summed E-state index contributed by atoms with van der Waals surface area (Å²) < 4.78 is 43.1. The molecule has 0 N–H and O–H groups in total. The highest BCUT2D eigenvalue weighted by Crippen LogP contribution is 2.35. The van der Waals surface area contributed by atoms with E-state index in [9.17, 15) is 18.5 Å². The van der Waals surface area contributed by atoms with Gasteiger partial charge in [-0.3, -0.25) is 10.1 Å². The van der Waals surface area contributed by atoms with Crippen LogP contribution in [0.25, 0.3) is 0 Å². The third-order valence-corrected chi connectivity index (χ3v) is 7.18. The quantitative estimate of drug-likeness (QED) is 0.468. The molecule has 0 spiro atoms. The van der Waals surface area contributed by atoms with E-state index in [1.54, 1.807) is 6.07 Å². The van der Waals surface area contributed by atoms with Gasteiger partial charge in [-0.05, 0) is 36.8 Å². The van der Waals surface area contributed by atoms with Gasteiger partial charge in [0, 0.05) is 32.2 Å². The predicted molar refractivity (Wildman–Crippen MR) is 112 cm³/mol. The standard InChI is InChI=1S/C20H23N3O7S/c1-2-21(13-15-3-6-19-20(11-15)30-14-29-19)17-5-4-16(12-18(17)23(24)25)31(26,27)22-7-9-28-10-8-22/h3-6,11-12H,2,7-10,13-14H2,1H3. The Hall–Kier alpha value is -2.89. The van der Waals surface area contributed by atoms with Crippen LogP contribution in [0.5, 0.6) is 11.5 Å². The number of anilines is 1. The zero-order chi connectivity index (χ0) is 22.0. The monoisotopic (exact) mass is 449 g/mol. The SMILES string of the molecule is CCN(Cc1ccc2c(c1)OCO2)c1ccc(S(=O)(=O)N2CCOCC2)cc1[N+](=O)[O-]. The summed E-state index contributed by atoms with van der Waals surface area (Å²) >= 11 is 0. The van der Waals surface area contributed by atoms with E-state index in [1.165, 1.54) is 16.4 Å². The van der Waals surface area contributed by atoms with E-state index in [2.05, 4.69) is 0 Å². The first-order valence-corrected chi connectivity index (χ1v) is 11.3. The molecule has 1 saturated heterocycles. The van der Waals surface area contributed by atoms with E-state index in [4.69, 9.17) is 14.2 Å². The number of hydrogen-bond acceptors (Lipinski definition) is 8. The van der Waals surface area contributed by atoms with E-state index in [0.29, 0.717) is 43.5 Å². The van der Waals surface area contributed by atoms with E-state index >= 15 is 0 Å². The molecule has 2 aromatic rings. The van der Waals surface area contributed by atoms with Gasteiger partial charge in [-0.15, -0.1) is 0 Å². The van der Waals surface area contributed by atoms with Crippen molar-refractivity contribution < 1.29 is 27.6 Å². The van der Waals surface area contributed by atoms with E-state index < -0.39 is 14.9 Å². The molecule has 0 aromatic heterocycles. The van der Waals surface area contributed by atoms with E-state index in [-0.39, 0.29) is 30.5 Å². The minimum Gasteiger partial charge on any atom is -0.454 e. The van der Waals surface area contributed by atoms with Crippen LogP contribution in [0.3, 0.4) is 0 Å². The molecule has 0 saturated carbocycles. The topological polar surface area (TPSA) is 111 Å². The number of sulfonamides is 1. The van der Waals surface area contributed by atoms with Gasteiger partial charge in [0.1, 0.15) is 5.69 Å². The maximum Gasteiger partial charge on any atom is 0.293 e. The molecule has 2 aromatic carbocycles. The molecule has 0 radical (unpaired) electrons. The van der Waals surface area contributed by atoms with Gasteiger partial charge in [0.2, 0.25) is 16.8 Å².